The van der Waals surface area contributed by atoms with Crippen molar-refractivity contribution >= 4 is 0 Å². The SMILES string of the molecule is c1ccc(-c2ccc(-c3cccc(-c4ccccc4)c3-c3ccccc3)cn2)cc1. The predicted molar refractivity (Wildman–Crippen MR) is 126 cm³/mol. The van der Waals surface area contributed by atoms with Crippen molar-refractivity contribution < 1.29 is 0 Å². The summed E-state index contributed by atoms with van der Waals surface area (Å²) in [5.74, 6) is 0. The highest BCUT2D eigenvalue weighted by molar-refractivity contribution is 5.94. The van der Waals surface area contributed by atoms with Gasteiger partial charge in [0.15, 0.2) is 0 Å². The Morgan fingerprint density at radius 1 is 0.367 bits per heavy atom. The van der Waals surface area contributed by atoms with E-state index in [1.54, 1.807) is 0 Å². The zero-order chi connectivity index (χ0) is 20.2. The molecule has 0 amide bonds. The van der Waals surface area contributed by atoms with E-state index >= 15 is 0 Å². The van der Waals surface area contributed by atoms with Crippen molar-refractivity contribution in [3.8, 4) is 44.6 Å². The number of benzene rings is 4. The summed E-state index contributed by atoms with van der Waals surface area (Å²) >= 11 is 0. The lowest BCUT2D eigenvalue weighted by atomic mass is 9.88. The van der Waals surface area contributed by atoms with E-state index in [2.05, 4.69) is 103 Å². The van der Waals surface area contributed by atoms with E-state index in [4.69, 9.17) is 4.98 Å². The first-order chi connectivity index (χ1) is 14.9. The molecule has 0 radical (unpaired) electrons. The average molecular weight is 383 g/mol. The van der Waals surface area contributed by atoms with Crippen LogP contribution in [-0.4, -0.2) is 4.98 Å². The minimum Gasteiger partial charge on any atom is -0.256 e. The molecule has 30 heavy (non-hydrogen) atoms. The first-order valence-corrected chi connectivity index (χ1v) is 10.2. The van der Waals surface area contributed by atoms with Crippen LogP contribution in [0.2, 0.25) is 0 Å². The number of rotatable bonds is 4. The molecule has 0 aliphatic rings. The van der Waals surface area contributed by atoms with Crippen molar-refractivity contribution in [2.24, 2.45) is 0 Å². The van der Waals surface area contributed by atoms with Crippen molar-refractivity contribution in [2.45, 2.75) is 0 Å². The summed E-state index contributed by atoms with van der Waals surface area (Å²) in [5, 5.41) is 0. The van der Waals surface area contributed by atoms with Crippen molar-refractivity contribution in [2.75, 3.05) is 0 Å². The predicted octanol–water partition coefficient (Wildman–Crippen LogP) is 7.75. The molecule has 0 bridgehead atoms. The fourth-order valence-electron chi connectivity index (χ4n) is 3.90. The number of aromatic nitrogens is 1. The van der Waals surface area contributed by atoms with E-state index < -0.39 is 0 Å². The fourth-order valence-corrected chi connectivity index (χ4v) is 3.90. The molecule has 0 spiro atoms. The highest BCUT2D eigenvalue weighted by Crippen LogP contribution is 2.40. The van der Waals surface area contributed by atoms with E-state index in [0.717, 1.165) is 16.8 Å². The second kappa shape index (κ2) is 8.18. The van der Waals surface area contributed by atoms with Crippen LogP contribution >= 0.6 is 0 Å². The Kier molecular flexibility index (Phi) is 4.93. The second-order valence-electron chi connectivity index (χ2n) is 7.26. The summed E-state index contributed by atoms with van der Waals surface area (Å²) in [5.41, 5.74) is 9.31. The molecule has 0 saturated carbocycles. The number of hydrogen-bond acceptors (Lipinski definition) is 1. The van der Waals surface area contributed by atoms with Gasteiger partial charge in [0.1, 0.15) is 0 Å². The molecule has 1 heteroatoms. The molecule has 0 N–H and O–H groups in total. The van der Waals surface area contributed by atoms with Gasteiger partial charge in [-0.2, -0.15) is 0 Å². The van der Waals surface area contributed by atoms with Gasteiger partial charge >= 0.3 is 0 Å². The topological polar surface area (TPSA) is 12.9 Å². The van der Waals surface area contributed by atoms with Gasteiger partial charge in [-0.15, -0.1) is 0 Å². The van der Waals surface area contributed by atoms with Gasteiger partial charge in [0.05, 0.1) is 5.69 Å². The van der Waals surface area contributed by atoms with Crippen molar-refractivity contribution in [1.82, 2.24) is 4.98 Å². The van der Waals surface area contributed by atoms with Gasteiger partial charge in [0, 0.05) is 17.3 Å². The summed E-state index contributed by atoms with van der Waals surface area (Å²) in [6, 6.07) is 42.3. The molecule has 1 heterocycles. The fraction of sp³-hybridized carbons (Fsp3) is 0. The lowest BCUT2D eigenvalue weighted by molar-refractivity contribution is 1.32. The van der Waals surface area contributed by atoms with Gasteiger partial charge in [0.2, 0.25) is 0 Å². The van der Waals surface area contributed by atoms with Gasteiger partial charge in [-0.3, -0.25) is 4.98 Å². The monoisotopic (exact) mass is 383 g/mol. The van der Waals surface area contributed by atoms with Gasteiger partial charge < -0.3 is 0 Å². The molecule has 142 valence electrons. The van der Waals surface area contributed by atoms with Crippen LogP contribution in [0.5, 0.6) is 0 Å². The van der Waals surface area contributed by atoms with Crippen LogP contribution in [0.15, 0.2) is 128 Å². The largest absolute Gasteiger partial charge is 0.256 e. The summed E-state index contributed by atoms with van der Waals surface area (Å²) in [6.45, 7) is 0. The maximum Gasteiger partial charge on any atom is 0.0702 e. The maximum atomic E-state index is 4.76. The highest BCUT2D eigenvalue weighted by atomic mass is 14.7. The molecule has 0 atom stereocenters. The molecular formula is C29H21N. The summed E-state index contributed by atoms with van der Waals surface area (Å²) in [7, 11) is 0. The smallest absolute Gasteiger partial charge is 0.0702 e. The lowest BCUT2D eigenvalue weighted by Gasteiger charge is -2.16. The zero-order valence-corrected chi connectivity index (χ0v) is 16.6. The van der Waals surface area contributed by atoms with Crippen LogP contribution in [0, 0.1) is 0 Å². The molecule has 5 rings (SSSR count). The molecule has 4 aromatic carbocycles. The molecule has 0 unspecified atom stereocenters. The Morgan fingerprint density at radius 2 is 0.900 bits per heavy atom. The molecule has 0 aliphatic carbocycles. The highest BCUT2D eigenvalue weighted by Gasteiger charge is 2.14. The van der Waals surface area contributed by atoms with Crippen molar-refractivity contribution in [3.63, 3.8) is 0 Å². The third kappa shape index (κ3) is 3.54. The summed E-state index contributed by atoms with van der Waals surface area (Å²) in [6.07, 6.45) is 1.98. The van der Waals surface area contributed by atoms with Crippen LogP contribution in [0.4, 0.5) is 0 Å². The minimum atomic E-state index is 0.986. The number of pyridine rings is 1. The Hall–Kier alpha value is -3.97. The second-order valence-corrected chi connectivity index (χ2v) is 7.26. The van der Waals surface area contributed by atoms with Crippen molar-refractivity contribution in [1.29, 1.82) is 0 Å². The normalized spacial score (nSPS) is 10.7. The van der Waals surface area contributed by atoms with Crippen LogP contribution < -0.4 is 0 Å². The first kappa shape index (κ1) is 18.1. The Labute approximate surface area is 177 Å². The van der Waals surface area contributed by atoms with Crippen LogP contribution in [0.1, 0.15) is 0 Å². The summed E-state index contributed by atoms with van der Waals surface area (Å²) < 4.78 is 0. The number of hydrogen-bond donors (Lipinski definition) is 0. The van der Waals surface area contributed by atoms with Crippen LogP contribution in [0.25, 0.3) is 44.6 Å². The standard InChI is InChI=1S/C29H21N/c1-4-11-22(12-5-1)26-17-10-18-27(29(26)24-15-8-3-9-16-24)25-19-20-28(30-21-25)23-13-6-2-7-14-23/h1-21H. The first-order valence-electron chi connectivity index (χ1n) is 10.2. The van der Waals surface area contributed by atoms with Crippen LogP contribution in [0.3, 0.4) is 0 Å². The van der Waals surface area contributed by atoms with E-state index in [-0.39, 0.29) is 0 Å². The number of nitrogens with zero attached hydrogens (tertiary/aromatic N) is 1. The Bertz CT molecular complexity index is 1240. The molecule has 0 saturated heterocycles. The van der Waals surface area contributed by atoms with E-state index in [9.17, 15) is 0 Å². The minimum absolute atomic E-state index is 0.986. The van der Waals surface area contributed by atoms with Crippen molar-refractivity contribution in [3.05, 3.63) is 128 Å². The molecule has 5 aromatic rings. The van der Waals surface area contributed by atoms with Gasteiger partial charge in [-0.25, -0.2) is 0 Å². The van der Waals surface area contributed by atoms with E-state index in [1.807, 2.05) is 24.4 Å². The molecule has 0 fully saturated rings. The van der Waals surface area contributed by atoms with Gasteiger partial charge in [-0.1, -0.05) is 115 Å². The quantitative estimate of drug-likeness (QED) is 0.309. The Morgan fingerprint density at radius 3 is 1.47 bits per heavy atom. The van der Waals surface area contributed by atoms with Gasteiger partial charge in [0.25, 0.3) is 0 Å². The van der Waals surface area contributed by atoms with E-state index in [1.165, 1.54) is 27.8 Å². The molecular weight excluding hydrogens is 362 g/mol. The molecule has 1 aromatic heterocycles. The zero-order valence-electron chi connectivity index (χ0n) is 16.6. The average Bonchev–Trinajstić information content (AvgIpc) is 2.85. The summed E-state index contributed by atoms with van der Waals surface area (Å²) in [4.78, 5) is 4.76. The molecule has 1 nitrogen and oxygen atoms in total. The lowest BCUT2D eigenvalue weighted by Crippen LogP contribution is -1.91. The third-order valence-corrected chi connectivity index (χ3v) is 5.36. The maximum absolute atomic E-state index is 4.76. The molecule has 0 aliphatic heterocycles. The third-order valence-electron chi connectivity index (χ3n) is 5.36. The Balaban J connectivity index is 1.67. The van der Waals surface area contributed by atoms with Gasteiger partial charge in [-0.05, 0) is 33.9 Å². The van der Waals surface area contributed by atoms with E-state index in [0.29, 0.717) is 0 Å². The van der Waals surface area contributed by atoms with Crippen LogP contribution in [-0.2, 0) is 0 Å².